The zero-order chi connectivity index (χ0) is 25.2. The van der Waals surface area contributed by atoms with Crippen LogP contribution in [0.25, 0.3) is 27.6 Å². The van der Waals surface area contributed by atoms with E-state index in [-0.39, 0.29) is 17.2 Å². The van der Waals surface area contributed by atoms with Gasteiger partial charge in [0.25, 0.3) is 5.56 Å². The Bertz CT molecular complexity index is 1640. The minimum absolute atomic E-state index is 0.0320. The predicted octanol–water partition coefficient (Wildman–Crippen LogP) is 4.88. The van der Waals surface area contributed by atoms with Gasteiger partial charge in [-0.25, -0.2) is 9.55 Å². The molecule has 12 heteroatoms. The molecular weight excluding hydrogens is 517 g/mol. The number of nitrogens with one attached hydrogen (secondary N) is 2. The van der Waals surface area contributed by atoms with Crippen LogP contribution in [-0.2, 0) is 4.79 Å². The molecule has 0 saturated heterocycles. The third kappa shape index (κ3) is 4.71. The van der Waals surface area contributed by atoms with Gasteiger partial charge in [-0.15, -0.1) is 10.2 Å². The summed E-state index contributed by atoms with van der Waals surface area (Å²) >= 11 is 4.07. The largest absolute Gasteiger partial charge is 0.495 e. The summed E-state index contributed by atoms with van der Waals surface area (Å²) in [7, 11) is 1.56. The van der Waals surface area contributed by atoms with E-state index in [9.17, 15) is 9.59 Å². The molecule has 2 aromatic carbocycles. The quantitative estimate of drug-likeness (QED) is 0.163. The number of nitrogens with zero attached hydrogens (tertiary/aromatic N) is 4. The van der Waals surface area contributed by atoms with Crippen LogP contribution in [0.5, 0.6) is 5.75 Å². The summed E-state index contributed by atoms with van der Waals surface area (Å²) in [6.45, 7) is 3.97. The van der Waals surface area contributed by atoms with Gasteiger partial charge >= 0.3 is 0 Å². The van der Waals surface area contributed by atoms with E-state index in [0.717, 1.165) is 26.6 Å². The summed E-state index contributed by atoms with van der Waals surface area (Å²) in [5, 5.41) is 12.5. The first kappa shape index (κ1) is 24.3. The van der Waals surface area contributed by atoms with E-state index >= 15 is 0 Å². The minimum Gasteiger partial charge on any atom is -0.495 e. The molecule has 0 aliphatic heterocycles. The Morgan fingerprint density at radius 3 is 2.83 bits per heavy atom. The fourth-order valence-electron chi connectivity index (χ4n) is 3.75. The van der Waals surface area contributed by atoms with E-state index in [1.165, 1.54) is 27.7 Å². The lowest BCUT2D eigenvalue weighted by Gasteiger charge is -2.15. The van der Waals surface area contributed by atoms with Crippen molar-refractivity contribution in [1.82, 2.24) is 24.7 Å². The van der Waals surface area contributed by atoms with Crippen LogP contribution in [0.15, 0.2) is 56.8 Å². The standard InChI is InChI=1S/C24H22N6O3S3/c1-4-34-24-29-28-22(36-24)26-18(31)12-35-23-27-19-14-7-5-6-8-15(14)25-20(19)21(32)30(23)16-11-13(2)9-10-17(16)33-3/h5-11,25H,4,12H2,1-3H3,(H,26,28,31). The molecule has 184 valence electrons. The van der Waals surface area contributed by atoms with Gasteiger partial charge in [0, 0.05) is 10.9 Å². The summed E-state index contributed by atoms with van der Waals surface area (Å²) in [6, 6.07) is 13.2. The van der Waals surface area contributed by atoms with Crippen molar-refractivity contribution in [2.24, 2.45) is 0 Å². The van der Waals surface area contributed by atoms with Crippen LogP contribution in [0.1, 0.15) is 12.5 Å². The molecule has 1 amide bonds. The molecule has 0 aliphatic carbocycles. The maximum atomic E-state index is 13.8. The van der Waals surface area contributed by atoms with Crippen molar-refractivity contribution in [3.8, 4) is 11.4 Å². The van der Waals surface area contributed by atoms with Crippen LogP contribution in [0.2, 0.25) is 0 Å². The van der Waals surface area contributed by atoms with E-state index in [1.807, 2.05) is 56.3 Å². The number of aromatic amines is 1. The molecular formula is C24H22N6O3S3. The van der Waals surface area contributed by atoms with Gasteiger partial charge in [-0.2, -0.15) is 0 Å². The van der Waals surface area contributed by atoms with E-state index in [4.69, 9.17) is 9.72 Å². The highest BCUT2D eigenvalue weighted by molar-refractivity contribution is 8.01. The zero-order valence-corrected chi connectivity index (χ0v) is 22.1. The molecule has 3 heterocycles. The lowest BCUT2D eigenvalue weighted by Crippen LogP contribution is -2.23. The van der Waals surface area contributed by atoms with Gasteiger partial charge < -0.3 is 9.72 Å². The molecule has 0 bridgehead atoms. The maximum absolute atomic E-state index is 13.8. The second-order valence-electron chi connectivity index (χ2n) is 7.75. The molecule has 0 fully saturated rings. The number of fused-ring (bicyclic) bond motifs is 3. The van der Waals surface area contributed by atoms with Crippen molar-refractivity contribution in [3.63, 3.8) is 0 Å². The molecule has 3 aromatic heterocycles. The minimum atomic E-state index is -0.270. The number of anilines is 1. The second-order valence-corrected chi connectivity index (χ2v) is 11.2. The number of para-hydroxylation sites is 1. The summed E-state index contributed by atoms with van der Waals surface area (Å²) in [6.07, 6.45) is 0. The summed E-state index contributed by atoms with van der Waals surface area (Å²) in [5.41, 5.74) is 3.02. The van der Waals surface area contributed by atoms with E-state index in [1.54, 1.807) is 18.9 Å². The van der Waals surface area contributed by atoms with Gasteiger partial charge in [0.15, 0.2) is 9.50 Å². The predicted molar refractivity (Wildman–Crippen MR) is 146 cm³/mol. The molecule has 0 spiro atoms. The van der Waals surface area contributed by atoms with Gasteiger partial charge in [-0.3, -0.25) is 14.9 Å². The highest BCUT2D eigenvalue weighted by Gasteiger charge is 2.20. The molecule has 0 unspecified atom stereocenters. The SMILES string of the molecule is CCSc1nnc(NC(=O)CSc2nc3c([nH]c4ccccc43)c(=O)n2-c2cc(C)ccc2OC)s1. The van der Waals surface area contributed by atoms with Crippen LogP contribution in [0.3, 0.4) is 0 Å². The number of ether oxygens (including phenoxy) is 1. The smallest absolute Gasteiger partial charge is 0.283 e. The second kappa shape index (κ2) is 10.3. The molecule has 5 aromatic rings. The average Bonchev–Trinajstić information content (AvgIpc) is 3.47. The van der Waals surface area contributed by atoms with Gasteiger partial charge in [0.05, 0.1) is 18.6 Å². The van der Waals surface area contributed by atoms with Gasteiger partial charge in [-0.05, 0) is 36.4 Å². The maximum Gasteiger partial charge on any atom is 0.283 e. The molecule has 0 aliphatic rings. The molecule has 0 radical (unpaired) electrons. The Morgan fingerprint density at radius 2 is 2.03 bits per heavy atom. The van der Waals surface area contributed by atoms with Gasteiger partial charge in [0.2, 0.25) is 11.0 Å². The fraction of sp³-hybridized carbons (Fsp3) is 0.208. The number of aryl methyl sites for hydroxylation is 1. The molecule has 0 atom stereocenters. The van der Waals surface area contributed by atoms with Crippen molar-refractivity contribution >= 4 is 67.8 Å². The van der Waals surface area contributed by atoms with Crippen molar-refractivity contribution in [1.29, 1.82) is 0 Å². The van der Waals surface area contributed by atoms with E-state index in [0.29, 0.717) is 32.8 Å². The number of H-pyrrole nitrogens is 1. The number of amides is 1. The summed E-state index contributed by atoms with van der Waals surface area (Å²) in [4.78, 5) is 34.6. The molecule has 2 N–H and O–H groups in total. The van der Waals surface area contributed by atoms with Crippen LogP contribution in [0.4, 0.5) is 5.13 Å². The highest BCUT2D eigenvalue weighted by Crippen LogP contribution is 2.31. The fourth-order valence-corrected chi connectivity index (χ4v) is 6.22. The third-order valence-corrected chi connectivity index (χ3v) is 8.12. The lowest BCUT2D eigenvalue weighted by molar-refractivity contribution is -0.113. The van der Waals surface area contributed by atoms with Crippen molar-refractivity contribution in [2.75, 3.05) is 23.9 Å². The first-order chi connectivity index (χ1) is 17.5. The molecule has 9 nitrogen and oxygen atoms in total. The first-order valence-electron chi connectivity index (χ1n) is 11.1. The number of aromatic nitrogens is 5. The molecule has 5 rings (SSSR count). The number of carbonyl (C=O) groups excluding carboxylic acids is 1. The summed E-state index contributed by atoms with van der Waals surface area (Å²) in [5.74, 6) is 1.17. The third-order valence-electron chi connectivity index (χ3n) is 5.32. The Labute approximate surface area is 218 Å². The molecule has 0 saturated carbocycles. The van der Waals surface area contributed by atoms with E-state index in [2.05, 4.69) is 20.5 Å². The normalized spacial score (nSPS) is 11.3. The van der Waals surface area contributed by atoms with Crippen molar-refractivity contribution < 1.29 is 9.53 Å². The zero-order valence-electron chi connectivity index (χ0n) is 19.7. The van der Waals surface area contributed by atoms with E-state index < -0.39 is 0 Å². The Kier molecular flexibility index (Phi) is 6.99. The number of rotatable bonds is 8. The van der Waals surface area contributed by atoms with Crippen LogP contribution < -0.4 is 15.6 Å². The van der Waals surface area contributed by atoms with Gasteiger partial charge in [-0.1, -0.05) is 66.0 Å². The van der Waals surface area contributed by atoms with Crippen LogP contribution in [0, 0.1) is 6.92 Å². The average molecular weight is 539 g/mol. The summed E-state index contributed by atoms with van der Waals surface area (Å²) < 4.78 is 7.86. The number of hydrogen-bond acceptors (Lipinski definition) is 9. The number of methoxy groups -OCH3 is 1. The lowest BCUT2D eigenvalue weighted by atomic mass is 10.2. The van der Waals surface area contributed by atoms with Crippen molar-refractivity contribution in [3.05, 3.63) is 58.4 Å². The number of carbonyl (C=O) groups is 1. The molecule has 36 heavy (non-hydrogen) atoms. The Balaban J connectivity index is 1.56. The Hall–Kier alpha value is -3.35. The number of hydrogen-bond donors (Lipinski definition) is 2. The monoisotopic (exact) mass is 538 g/mol. The number of benzene rings is 2. The highest BCUT2D eigenvalue weighted by atomic mass is 32.2. The number of thioether (sulfide) groups is 2. The van der Waals surface area contributed by atoms with Crippen molar-refractivity contribution in [2.45, 2.75) is 23.3 Å². The Morgan fingerprint density at radius 1 is 1.19 bits per heavy atom. The first-order valence-corrected chi connectivity index (χ1v) is 13.8. The van der Waals surface area contributed by atoms with Gasteiger partial charge in [0.1, 0.15) is 16.8 Å². The topological polar surface area (TPSA) is 115 Å². The van der Waals surface area contributed by atoms with Crippen LogP contribution in [-0.4, -0.2) is 49.3 Å². The van der Waals surface area contributed by atoms with Crippen LogP contribution >= 0.6 is 34.9 Å².